The van der Waals surface area contributed by atoms with Crippen LogP contribution in [0.15, 0.2) is 24.3 Å². The van der Waals surface area contributed by atoms with Crippen molar-refractivity contribution in [2.45, 2.75) is 25.0 Å². The number of rotatable bonds is 2. The van der Waals surface area contributed by atoms with Crippen LogP contribution >= 0.6 is 23.4 Å². The lowest BCUT2D eigenvalue weighted by molar-refractivity contribution is 0.679. The summed E-state index contributed by atoms with van der Waals surface area (Å²) in [6.45, 7) is 2.85. The van der Waals surface area contributed by atoms with Gasteiger partial charge in [0.1, 0.15) is 5.15 Å². The highest BCUT2D eigenvalue weighted by atomic mass is 35.5. The van der Waals surface area contributed by atoms with Crippen LogP contribution in [0.3, 0.4) is 0 Å². The van der Waals surface area contributed by atoms with Gasteiger partial charge in [-0.1, -0.05) is 41.4 Å². The molecule has 0 fully saturated rings. The third-order valence-corrected chi connectivity index (χ3v) is 4.40. The zero-order valence-corrected chi connectivity index (χ0v) is 11.2. The number of nitrogens with zero attached hydrogens (tertiary/aromatic N) is 2. The normalized spacial score (nSPS) is 14.0. The molecule has 4 heteroatoms. The van der Waals surface area contributed by atoms with Crippen molar-refractivity contribution < 1.29 is 0 Å². The van der Waals surface area contributed by atoms with Gasteiger partial charge in [0.25, 0.3) is 0 Å². The van der Waals surface area contributed by atoms with E-state index in [1.165, 1.54) is 16.7 Å². The molecule has 0 N–H and O–H groups in total. The summed E-state index contributed by atoms with van der Waals surface area (Å²) in [4.78, 5) is 0. The lowest BCUT2D eigenvalue weighted by Crippen LogP contribution is -2.02. The molecule has 1 aliphatic heterocycles. The molecule has 0 aliphatic carbocycles. The van der Waals surface area contributed by atoms with E-state index in [4.69, 9.17) is 11.6 Å². The number of halogens is 1. The Bertz CT molecular complexity index is 545. The number of benzene rings is 1. The van der Waals surface area contributed by atoms with Gasteiger partial charge in [0.2, 0.25) is 0 Å². The Labute approximate surface area is 110 Å². The van der Waals surface area contributed by atoms with E-state index in [2.05, 4.69) is 36.3 Å². The molecule has 0 amide bonds. The number of hydrogen-bond acceptors (Lipinski definition) is 2. The predicted molar refractivity (Wildman–Crippen MR) is 72.5 cm³/mol. The van der Waals surface area contributed by atoms with Crippen LogP contribution in [0, 0.1) is 6.92 Å². The van der Waals surface area contributed by atoms with Crippen LogP contribution in [-0.2, 0) is 18.1 Å². The van der Waals surface area contributed by atoms with Crippen molar-refractivity contribution in [1.82, 2.24) is 9.78 Å². The summed E-state index contributed by atoms with van der Waals surface area (Å²) in [6.07, 6.45) is 0. The van der Waals surface area contributed by atoms with E-state index >= 15 is 0 Å². The molecule has 17 heavy (non-hydrogen) atoms. The summed E-state index contributed by atoms with van der Waals surface area (Å²) >= 11 is 8.22. The first-order chi connectivity index (χ1) is 8.24. The molecule has 1 aromatic heterocycles. The molecule has 0 bridgehead atoms. The van der Waals surface area contributed by atoms with Crippen LogP contribution < -0.4 is 0 Å². The van der Waals surface area contributed by atoms with Gasteiger partial charge in [-0.3, -0.25) is 0 Å². The summed E-state index contributed by atoms with van der Waals surface area (Å²) in [5, 5.41) is 5.38. The van der Waals surface area contributed by atoms with Crippen molar-refractivity contribution in [3.8, 4) is 0 Å². The monoisotopic (exact) mass is 264 g/mol. The maximum Gasteiger partial charge on any atom is 0.131 e. The maximum atomic E-state index is 6.34. The van der Waals surface area contributed by atoms with Crippen molar-refractivity contribution >= 4 is 23.4 Å². The molecule has 0 unspecified atom stereocenters. The predicted octanol–water partition coefficient (Wildman–Crippen LogP) is 3.64. The van der Waals surface area contributed by atoms with E-state index in [1.54, 1.807) is 0 Å². The Morgan fingerprint density at radius 3 is 2.76 bits per heavy atom. The van der Waals surface area contributed by atoms with Crippen LogP contribution in [0.2, 0.25) is 5.15 Å². The quantitative estimate of drug-likeness (QED) is 0.824. The second-order valence-electron chi connectivity index (χ2n) is 4.35. The third kappa shape index (κ3) is 2.09. The van der Waals surface area contributed by atoms with Crippen LogP contribution in [0.25, 0.3) is 0 Å². The molecule has 0 radical (unpaired) electrons. The molecule has 0 atom stereocenters. The minimum atomic E-state index is 0.761. The van der Waals surface area contributed by atoms with Crippen molar-refractivity contribution in [2.24, 2.45) is 0 Å². The van der Waals surface area contributed by atoms with E-state index in [-0.39, 0.29) is 0 Å². The Morgan fingerprint density at radius 2 is 2.06 bits per heavy atom. The Balaban J connectivity index is 1.88. The van der Waals surface area contributed by atoms with E-state index in [0.29, 0.717) is 0 Å². The van der Waals surface area contributed by atoms with Crippen LogP contribution in [-0.4, -0.2) is 9.78 Å². The van der Waals surface area contributed by atoms with Gasteiger partial charge in [-0.25, -0.2) is 4.68 Å². The van der Waals surface area contributed by atoms with Crippen molar-refractivity contribution in [3.05, 3.63) is 51.8 Å². The second-order valence-corrected chi connectivity index (χ2v) is 5.70. The molecule has 88 valence electrons. The fourth-order valence-electron chi connectivity index (χ4n) is 2.00. The molecule has 0 spiro atoms. The average molecular weight is 265 g/mol. The van der Waals surface area contributed by atoms with Gasteiger partial charge in [0.05, 0.1) is 12.2 Å². The smallest absolute Gasteiger partial charge is 0.131 e. The third-order valence-electron chi connectivity index (χ3n) is 3.00. The van der Waals surface area contributed by atoms with Gasteiger partial charge in [0, 0.05) is 17.1 Å². The molecular weight excluding hydrogens is 252 g/mol. The summed E-state index contributed by atoms with van der Waals surface area (Å²) < 4.78 is 1.91. The highest BCUT2D eigenvalue weighted by molar-refractivity contribution is 7.98. The fourth-order valence-corrected chi connectivity index (χ4v) is 3.39. The molecule has 0 saturated heterocycles. The fraction of sp³-hybridized carbons (Fsp3) is 0.308. The maximum absolute atomic E-state index is 6.34. The van der Waals surface area contributed by atoms with Crippen molar-refractivity contribution in [3.63, 3.8) is 0 Å². The Kier molecular flexibility index (Phi) is 2.89. The Hall–Kier alpha value is -0.930. The molecule has 2 heterocycles. The van der Waals surface area contributed by atoms with Gasteiger partial charge < -0.3 is 0 Å². The molecular formula is C13H13ClN2S. The van der Waals surface area contributed by atoms with E-state index in [1.807, 2.05) is 16.4 Å². The molecule has 3 rings (SSSR count). The minimum absolute atomic E-state index is 0.761. The summed E-state index contributed by atoms with van der Waals surface area (Å²) in [6, 6.07) is 8.51. The molecule has 1 aliphatic rings. The first-order valence-electron chi connectivity index (χ1n) is 5.61. The lowest BCUT2D eigenvalue weighted by atomic mass is 10.1. The van der Waals surface area contributed by atoms with Crippen LogP contribution in [0.4, 0.5) is 0 Å². The molecule has 2 aromatic rings. The van der Waals surface area contributed by atoms with Gasteiger partial charge in [-0.2, -0.15) is 16.9 Å². The van der Waals surface area contributed by atoms with Gasteiger partial charge >= 0.3 is 0 Å². The number of fused-ring (bicyclic) bond motifs is 1. The first-order valence-corrected chi connectivity index (χ1v) is 7.14. The average Bonchev–Trinajstić information content (AvgIpc) is 2.87. The highest BCUT2D eigenvalue weighted by Gasteiger charge is 2.21. The standard InChI is InChI=1S/C13H13ClN2S/c1-9-2-4-10(5-3-9)6-16-13(14)11-7-17-8-12(11)15-16/h2-5H,6-8H2,1H3. The van der Waals surface area contributed by atoms with Crippen LogP contribution in [0.1, 0.15) is 22.4 Å². The first kappa shape index (κ1) is 11.2. The van der Waals surface area contributed by atoms with Gasteiger partial charge in [0.15, 0.2) is 0 Å². The largest absolute Gasteiger partial charge is 0.249 e. The van der Waals surface area contributed by atoms with Gasteiger partial charge in [-0.15, -0.1) is 0 Å². The Morgan fingerprint density at radius 1 is 1.29 bits per heavy atom. The summed E-state index contributed by atoms with van der Waals surface area (Å²) in [5.41, 5.74) is 4.90. The zero-order valence-electron chi connectivity index (χ0n) is 9.61. The topological polar surface area (TPSA) is 17.8 Å². The second kappa shape index (κ2) is 4.39. The summed E-state index contributed by atoms with van der Waals surface area (Å²) in [5.74, 6) is 2.00. The van der Waals surface area contributed by atoms with Crippen molar-refractivity contribution in [2.75, 3.05) is 0 Å². The zero-order chi connectivity index (χ0) is 11.8. The van der Waals surface area contributed by atoms with E-state index in [9.17, 15) is 0 Å². The number of aryl methyl sites for hydroxylation is 1. The molecule has 2 nitrogen and oxygen atoms in total. The molecule has 1 aromatic carbocycles. The SMILES string of the molecule is Cc1ccc(Cn2nc3c(c2Cl)CSC3)cc1. The van der Waals surface area contributed by atoms with E-state index < -0.39 is 0 Å². The highest BCUT2D eigenvalue weighted by Crippen LogP contribution is 2.34. The van der Waals surface area contributed by atoms with Crippen LogP contribution in [0.5, 0.6) is 0 Å². The number of thioether (sulfide) groups is 1. The van der Waals surface area contributed by atoms with Crippen molar-refractivity contribution in [1.29, 1.82) is 0 Å². The van der Waals surface area contributed by atoms with Gasteiger partial charge in [-0.05, 0) is 12.5 Å². The lowest BCUT2D eigenvalue weighted by Gasteiger charge is -2.05. The summed E-state index contributed by atoms with van der Waals surface area (Å²) in [7, 11) is 0. The number of hydrogen-bond donors (Lipinski definition) is 0. The number of aromatic nitrogens is 2. The molecule has 0 saturated carbocycles. The van der Waals surface area contributed by atoms with E-state index in [0.717, 1.165) is 28.9 Å². The minimum Gasteiger partial charge on any atom is -0.249 e.